The maximum atomic E-state index is 13.6. The van der Waals surface area contributed by atoms with Crippen LogP contribution in [0.2, 0.25) is 5.02 Å². The Morgan fingerprint density at radius 2 is 1.82 bits per heavy atom. The molecule has 0 aliphatic rings. The molecular formula is C14H20ClFO. The second-order valence-corrected chi connectivity index (χ2v) is 5.07. The van der Waals surface area contributed by atoms with Crippen LogP contribution in [-0.2, 0) is 6.42 Å². The van der Waals surface area contributed by atoms with E-state index in [2.05, 4.69) is 0 Å². The first-order chi connectivity index (χ1) is 8.00. The summed E-state index contributed by atoms with van der Waals surface area (Å²) in [6.07, 6.45) is 3.48. The molecule has 1 N–H and O–H groups in total. The van der Waals surface area contributed by atoms with Gasteiger partial charge in [0.1, 0.15) is 5.82 Å². The highest BCUT2D eigenvalue weighted by Gasteiger charge is 2.26. The van der Waals surface area contributed by atoms with Gasteiger partial charge >= 0.3 is 0 Å². The SMILES string of the molecule is CCCC(O)(CCC)Cc1cc(Cl)ccc1F. The number of benzene rings is 1. The van der Waals surface area contributed by atoms with E-state index in [0.717, 1.165) is 12.8 Å². The molecule has 0 fully saturated rings. The normalized spacial score (nSPS) is 11.8. The van der Waals surface area contributed by atoms with E-state index in [1.807, 2.05) is 13.8 Å². The minimum atomic E-state index is -0.810. The predicted octanol–water partition coefficient (Wildman–Crippen LogP) is 4.35. The molecule has 0 saturated carbocycles. The summed E-state index contributed by atoms with van der Waals surface area (Å²) in [6, 6.07) is 4.49. The molecule has 0 amide bonds. The lowest BCUT2D eigenvalue weighted by molar-refractivity contribution is 0.0208. The highest BCUT2D eigenvalue weighted by molar-refractivity contribution is 6.30. The molecule has 0 heterocycles. The van der Waals surface area contributed by atoms with Gasteiger partial charge in [0.25, 0.3) is 0 Å². The quantitative estimate of drug-likeness (QED) is 0.804. The van der Waals surface area contributed by atoms with Crippen LogP contribution >= 0.6 is 11.6 Å². The van der Waals surface area contributed by atoms with Gasteiger partial charge in [-0.3, -0.25) is 0 Å². The van der Waals surface area contributed by atoms with E-state index in [1.54, 1.807) is 6.07 Å². The summed E-state index contributed by atoms with van der Waals surface area (Å²) in [7, 11) is 0. The molecule has 0 radical (unpaired) electrons. The number of aliphatic hydroxyl groups is 1. The van der Waals surface area contributed by atoms with Crippen LogP contribution in [0.15, 0.2) is 18.2 Å². The average Bonchev–Trinajstić information content (AvgIpc) is 2.24. The van der Waals surface area contributed by atoms with Gasteiger partial charge in [-0.25, -0.2) is 4.39 Å². The largest absolute Gasteiger partial charge is 0.390 e. The van der Waals surface area contributed by atoms with E-state index in [1.165, 1.54) is 12.1 Å². The first-order valence-electron chi connectivity index (χ1n) is 6.17. The second-order valence-electron chi connectivity index (χ2n) is 4.64. The molecular weight excluding hydrogens is 239 g/mol. The maximum absolute atomic E-state index is 13.6. The maximum Gasteiger partial charge on any atom is 0.126 e. The van der Waals surface area contributed by atoms with Crippen molar-refractivity contribution in [1.82, 2.24) is 0 Å². The molecule has 1 aromatic carbocycles. The summed E-state index contributed by atoms with van der Waals surface area (Å²) in [4.78, 5) is 0. The number of hydrogen-bond acceptors (Lipinski definition) is 1. The van der Waals surface area contributed by atoms with E-state index < -0.39 is 5.60 Å². The molecule has 1 aromatic rings. The third-order valence-corrected chi connectivity index (χ3v) is 3.19. The van der Waals surface area contributed by atoms with Crippen molar-refractivity contribution in [3.8, 4) is 0 Å². The first kappa shape index (κ1) is 14.5. The van der Waals surface area contributed by atoms with E-state index in [-0.39, 0.29) is 5.82 Å². The van der Waals surface area contributed by atoms with Crippen LogP contribution < -0.4 is 0 Å². The Labute approximate surface area is 108 Å². The summed E-state index contributed by atoms with van der Waals surface area (Å²) in [5.74, 6) is -0.292. The smallest absolute Gasteiger partial charge is 0.126 e. The zero-order valence-corrected chi connectivity index (χ0v) is 11.2. The average molecular weight is 259 g/mol. The number of rotatable bonds is 6. The minimum Gasteiger partial charge on any atom is -0.390 e. The summed E-state index contributed by atoms with van der Waals surface area (Å²) >= 11 is 5.85. The van der Waals surface area contributed by atoms with Gasteiger partial charge in [0, 0.05) is 11.4 Å². The first-order valence-corrected chi connectivity index (χ1v) is 6.55. The molecule has 0 aliphatic heterocycles. The second kappa shape index (κ2) is 6.36. The molecule has 96 valence electrons. The molecule has 0 unspecified atom stereocenters. The van der Waals surface area contributed by atoms with Crippen molar-refractivity contribution >= 4 is 11.6 Å². The predicted molar refractivity (Wildman–Crippen MR) is 69.9 cm³/mol. The van der Waals surface area contributed by atoms with Gasteiger partial charge in [0.05, 0.1) is 5.60 Å². The third kappa shape index (κ3) is 4.29. The molecule has 0 aromatic heterocycles. The molecule has 1 nitrogen and oxygen atoms in total. The van der Waals surface area contributed by atoms with Crippen molar-refractivity contribution in [2.75, 3.05) is 0 Å². The summed E-state index contributed by atoms with van der Waals surface area (Å²) < 4.78 is 13.6. The van der Waals surface area contributed by atoms with Crippen LogP contribution in [0.5, 0.6) is 0 Å². The number of halogens is 2. The van der Waals surface area contributed by atoms with Gasteiger partial charge in [-0.2, -0.15) is 0 Å². The Morgan fingerprint density at radius 3 is 2.35 bits per heavy atom. The van der Waals surface area contributed by atoms with Gasteiger partial charge in [-0.05, 0) is 36.6 Å². The molecule has 17 heavy (non-hydrogen) atoms. The lowest BCUT2D eigenvalue weighted by Gasteiger charge is -2.28. The zero-order valence-electron chi connectivity index (χ0n) is 10.5. The van der Waals surface area contributed by atoms with Crippen LogP contribution in [0.4, 0.5) is 4.39 Å². The van der Waals surface area contributed by atoms with Gasteiger partial charge < -0.3 is 5.11 Å². The molecule has 0 aliphatic carbocycles. The van der Waals surface area contributed by atoms with Crippen molar-refractivity contribution in [2.45, 2.75) is 51.6 Å². The van der Waals surface area contributed by atoms with Crippen molar-refractivity contribution in [1.29, 1.82) is 0 Å². The fourth-order valence-corrected chi connectivity index (χ4v) is 2.46. The summed E-state index contributed by atoms with van der Waals surface area (Å²) in [5.41, 5.74) is -0.309. The van der Waals surface area contributed by atoms with Crippen LogP contribution in [0.1, 0.15) is 45.1 Å². The van der Waals surface area contributed by atoms with Crippen molar-refractivity contribution < 1.29 is 9.50 Å². The summed E-state index contributed by atoms with van der Waals surface area (Å²) in [5, 5.41) is 11.0. The standard InChI is InChI=1S/C14H20ClFO/c1-3-7-14(17,8-4-2)10-11-9-12(15)5-6-13(11)16/h5-6,9,17H,3-4,7-8,10H2,1-2H3. The fourth-order valence-electron chi connectivity index (χ4n) is 2.27. The Morgan fingerprint density at radius 1 is 1.24 bits per heavy atom. The van der Waals surface area contributed by atoms with E-state index in [9.17, 15) is 9.50 Å². The van der Waals surface area contributed by atoms with Gasteiger partial charge in [-0.15, -0.1) is 0 Å². The molecule has 0 saturated heterocycles. The molecule has 0 spiro atoms. The molecule has 1 rings (SSSR count). The van der Waals surface area contributed by atoms with E-state index >= 15 is 0 Å². The molecule has 0 bridgehead atoms. The van der Waals surface area contributed by atoms with Crippen molar-refractivity contribution in [3.05, 3.63) is 34.6 Å². The van der Waals surface area contributed by atoms with Crippen molar-refractivity contribution in [3.63, 3.8) is 0 Å². The Bertz CT molecular complexity index is 359. The van der Waals surface area contributed by atoms with Crippen LogP contribution in [0.25, 0.3) is 0 Å². The minimum absolute atomic E-state index is 0.292. The molecule has 3 heteroatoms. The molecule has 0 atom stereocenters. The Kier molecular flexibility index (Phi) is 5.41. The van der Waals surface area contributed by atoms with Crippen LogP contribution in [-0.4, -0.2) is 10.7 Å². The third-order valence-electron chi connectivity index (χ3n) is 2.96. The number of hydrogen-bond donors (Lipinski definition) is 1. The highest BCUT2D eigenvalue weighted by Crippen LogP contribution is 2.27. The van der Waals surface area contributed by atoms with Gasteiger partial charge in [0.2, 0.25) is 0 Å². The zero-order chi connectivity index (χ0) is 12.9. The summed E-state index contributed by atoms with van der Waals surface area (Å²) in [6.45, 7) is 4.05. The lowest BCUT2D eigenvalue weighted by atomic mass is 9.86. The lowest BCUT2D eigenvalue weighted by Crippen LogP contribution is -2.31. The van der Waals surface area contributed by atoms with Gasteiger partial charge in [0.15, 0.2) is 0 Å². The Balaban J connectivity index is 2.88. The monoisotopic (exact) mass is 258 g/mol. The van der Waals surface area contributed by atoms with Crippen molar-refractivity contribution in [2.24, 2.45) is 0 Å². The van der Waals surface area contributed by atoms with Crippen LogP contribution in [0, 0.1) is 5.82 Å². The topological polar surface area (TPSA) is 20.2 Å². The van der Waals surface area contributed by atoms with E-state index in [0.29, 0.717) is 29.8 Å². The van der Waals surface area contributed by atoms with Gasteiger partial charge in [-0.1, -0.05) is 38.3 Å². The van der Waals surface area contributed by atoms with Crippen LogP contribution in [0.3, 0.4) is 0 Å². The Hall–Kier alpha value is -0.600. The highest BCUT2D eigenvalue weighted by atomic mass is 35.5. The van der Waals surface area contributed by atoms with E-state index in [4.69, 9.17) is 11.6 Å². The fraction of sp³-hybridized carbons (Fsp3) is 0.571.